The fourth-order valence-electron chi connectivity index (χ4n) is 4.58. The molecule has 0 heterocycles. The summed E-state index contributed by atoms with van der Waals surface area (Å²) >= 11 is 0. The minimum absolute atomic E-state index is 0.0369. The van der Waals surface area contributed by atoms with Gasteiger partial charge in [-0.1, -0.05) is 38.8 Å². The Morgan fingerprint density at radius 1 is 1.10 bits per heavy atom. The van der Waals surface area contributed by atoms with Crippen molar-refractivity contribution in [2.75, 3.05) is 0 Å². The molecule has 4 nitrogen and oxygen atoms in total. The van der Waals surface area contributed by atoms with Crippen molar-refractivity contribution < 1.29 is 14.7 Å². The SMILES string of the molecule is C[C@H]1[C@H](C)CCC[C@@H]1NC(=O)[C@H]1[C@H](C(=O)O)[C@H]2C=C[C@H]1C2. The van der Waals surface area contributed by atoms with Crippen molar-refractivity contribution in [2.45, 2.75) is 45.6 Å². The summed E-state index contributed by atoms with van der Waals surface area (Å²) in [6, 6.07) is 0.207. The summed E-state index contributed by atoms with van der Waals surface area (Å²) in [5.41, 5.74) is 0. The summed E-state index contributed by atoms with van der Waals surface area (Å²) in [4.78, 5) is 24.2. The van der Waals surface area contributed by atoms with Crippen LogP contribution in [0.5, 0.6) is 0 Å². The molecule has 3 rings (SSSR count). The first-order valence-electron chi connectivity index (χ1n) is 8.20. The molecule has 2 bridgehead atoms. The van der Waals surface area contributed by atoms with Gasteiger partial charge < -0.3 is 10.4 Å². The summed E-state index contributed by atoms with van der Waals surface area (Å²) in [5, 5.41) is 12.6. The molecule has 7 atom stereocenters. The summed E-state index contributed by atoms with van der Waals surface area (Å²) < 4.78 is 0. The van der Waals surface area contributed by atoms with E-state index < -0.39 is 11.9 Å². The van der Waals surface area contributed by atoms with E-state index in [0.717, 1.165) is 19.3 Å². The van der Waals surface area contributed by atoms with Gasteiger partial charge in [-0.2, -0.15) is 0 Å². The lowest BCUT2D eigenvalue weighted by Gasteiger charge is -2.36. The second-order valence-corrected chi connectivity index (χ2v) is 7.22. The van der Waals surface area contributed by atoms with Crippen LogP contribution in [0, 0.1) is 35.5 Å². The number of carboxylic acid groups (broad SMARTS) is 1. The molecule has 0 spiro atoms. The standard InChI is InChI=1S/C17H25NO3/c1-9-4-3-5-13(10(9)2)18-16(19)14-11-6-7-12(8-11)15(14)17(20)21/h6-7,9-15H,3-5,8H2,1-2H3,(H,18,19)(H,20,21)/t9-,10+,11+,12+,13+,14-,15-/m1/s1. The molecular weight excluding hydrogens is 266 g/mol. The molecule has 4 heteroatoms. The maximum absolute atomic E-state index is 12.7. The Balaban J connectivity index is 1.70. The van der Waals surface area contributed by atoms with E-state index >= 15 is 0 Å². The Morgan fingerprint density at radius 2 is 1.76 bits per heavy atom. The summed E-state index contributed by atoms with van der Waals surface area (Å²) in [6.07, 6.45) is 8.24. The number of rotatable bonds is 3. The van der Waals surface area contributed by atoms with E-state index in [-0.39, 0.29) is 29.7 Å². The number of fused-ring (bicyclic) bond motifs is 2. The average Bonchev–Trinajstić information content (AvgIpc) is 3.04. The van der Waals surface area contributed by atoms with Crippen molar-refractivity contribution >= 4 is 11.9 Å². The molecule has 3 aliphatic carbocycles. The number of carbonyl (C=O) groups excluding carboxylic acids is 1. The van der Waals surface area contributed by atoms with Gasteiger partial charge in [0.15, 0.2) is 0 Å². The molecule has 2 fully saturated rings. The molecule has 0 aromatic carbocycles. The third-order valence-electron chi connectivity index (χ3n) is 6.08. The molecule has 0 radical (unpaired) electrons. The topological polar surface area (TPSA) is 66.4 Å². The molecule has 0 aromatic heterocycles. The maximum Gasteiger partial charge on any atom is 0.307 e. The number of carboxylic acids is 1. The lowest BCUT2D eigenvalue weighted by Crippen LogP contribution is -2.48. The summed E-state index contributed by atoms with van der Waals surface area (Å²) in [6.45, 7) is 4.44. The van der Waals surface area contributed by atoms with Crippen molar-refractivity contribution in [3.63, 3.8) is 0 Å². The van der Waals surface area contributed by atoms with E-state index in [2.05, 4.69) is 19.2 Å². The van der Waals surface area contributed by atoms with E-state index in [9.17, 15) is 14.7 Å². The van der Waals surface area contributed by atoms with Gasteiger partial charge in [0.05, 0.1) is 11.8 Å². The van der Waals surface area contributed by atoms with Crippen LogP contribution in [-0.4, -0.2) is 23.0 Å². The first kappa shape index (κ1) is 14.6. The van der Waals surface area contributed by atoms with Crippen molar-refractivity contribution in [2.24, 2.45) is 35.5 Å². The normalized spacial score (nSPS) is 44.8. The number of aliphatic carboxylic acids is 1. The Hall–Kier alpha value is -1.32. The van der Waals surface area contributed by atoms with Gasteiger partial charge >= 0.3 is 5.97 Å². The molecule has 1 amide bonds. The first-order valence-corrected chi connectivity index (χ1v) is 8.20. The zero-order chi connectivity index (χ0) is 15.1. The number of nitrogens with one attached hydrogen (secondary N) is 1. The summed E-state index contributed by atoms with van der Waals surface area (Å²) in [5.74, 6) is -0.502. The Kier molecular flexibility index (Phi) is 3.80. The first-order chi connectivity index (χ1) is 9.99. The average molecular weight is 291 g/mol. The molecule has 0 saturated heterocycles. The van der Waals surface area contributed by atoms with E-state index in [4.69, 9.17) is 0 Å². The number of hydrogen-bond donors (Lipinski definition) is 2. The minimum atomic E-state index is -0.822. The lowest BCUT2D eigenvalue weighted by molar-refractivity contribution is -0.148. The van der Waals surface area contributed by atoms with Crippen molar-refractivity contribution in [3.05, 3.63) is 12.2 Å². The molecule has 116 valence electrons. The van der Waals surface area contributed by atoms with Crippen molar-refractivity contribution in [1.29, 1.82) is 0 Å². The van der Waals surface area contributed by atoms with Gasteiger partial charge in [0.25, 0.3) is 0 Å². The number of hydrogen-bond acceptors (Lipinski definition) is 2. The molecule has 2 saturated carbocycles. The Morgan fingerprint density at radius 3 is 2.43 bits per heavy atom. The van der Waals surface area contributed by atoms with E-state index in [1.807, 2.05) is 12.2 Å². The Labute approximate surface area is 126 Å². The zero-order valence-electron chi connectivity index (χ0n) is 12.8. The molecule has 2 N–H and O–H groups in total. The van der Waals surface area contributed by atoms with Crippen LogP contribution < -0.4 is 5.32 Å². The molecule has 0 aliphatic heterocycles. The van der Waals surface area contributed by atoms with Crippen LogP contribution in [0.3, 0.4) is 0 Å². The summed E-state index contributed by atoms with van der Waals surface area (Å²) in [7, 11) is 0. The third-order valence-corrected chi connectivity index (χ3v) is 6.08. The molecule has 0 unspecified atom stereocenters. The molecule has 3 aliphatic rings. The largest absolute Gasteiger partial charge is 0.481 e. The van der Waals surface area contributed by atoms with Gasteiger partial charge in [-0.3, -0.25) is 9.59 Å². The maximum atomic E-state index is 12.7. The highest BCUT2D eigenvalue weighted by Crippen LogP contribution is 2.48. The molecule has 0 aromatic rings. The fourth-order valence-corrected chi connectivity index (χ4v) is 4.58. The van der Waals surface area contributed by atoms with Gasteiger partial charge in [-0.25, -0.2) is 0 Å². The van der Waals surface area contributed by atoms with E-state index in [1.165, 1.54) is 6.42 Å². The van der Waals surface area contributed by atoms with Crippen LogP contribution in [0.4, 0.5) is 0 Å². The number of allylic oxidation sites excluding steroid dienone is 2. The lowest BCUT2D eigenvalue weighted by atomic mass is 9.77. The molecular formula is C17H25NO3. The van der Waals surface area contributed by atoms with Crippen molar-refractivity contribution in [3.8, 4) is 0 Å². The van der Waals surface area contributed by atoms with Crippen LogP contribution >= 0.6 is 0 Å². The predicted molar refractivity (Wildman–Crippen MR) is 79.5 cm³/mol. The predicted octanol–water partition coefficient (Wildman–Crippen LogP) is 2.45. The van der Waals surface area contributed by atoms with Gasteiger partial charge in [0.1, 0.15) is 0 Å². The van der Waals surface area contributed by atoms with Crippen molar-refractivity contribution in [1.82, 2.24) is 5.32 Å². The molecule has 21 heavy (non-hydrogen) atoms. The van der Waals surface area contributed by atoms with Crippen LogP contribution in [0.15, 0.2) is 12.2 Å². The third kappa shape index (κ3) is 2.49. The monoisotopic (exact) mass is 291 g/mol. The minimum Gasteiger partial charge on any atom is -0.481 e. The quantitative estimate of drug-likeness (QED) is 0.785. The van der Waals surface area contributed by atoms with Crippen LogP contribution in [-0.2, 0) is 9.59 Å². The number of amides is 1. The van der Waals surface area contributed by atoms with E-state index in [0.29, 0.717) is 11.8 Å². The van der Waals surface area contributed by atoms with Gasteiger partial charge in [-0.15, -0.1) is 0 Å². The number of carbonyl (C=O) groups is 2. The second-order valence-electron chi connectivity index (χ2n) is 7.22. The second kappa shape index (κ2) is 5.47. The van der Waals surface area contributed by atoms with Gasteiger partial charge in [-0.05, 0) is 36.5 Å². The highest BCUT2D eigenvalue weighted by atomic mass is 16.4. The van der Waals surface area contributed by atoms with Gasteiger partial charge in [0.2, 0.25) is 5.91 Å². The van der Waals surface area contributed by atoms with Gasteiger partial charge in [0, 0.05) is 6.04 Å². The highest BCUT2D eigenvalue weighted by Gasteiger charge is 2.52. The van der Waals surface area contributed by atoms with Crippen LogP contribution in [0.1, 0.15) is 39.5 Å². The fraction of sp³-hybridized carbons (Fsp3) is 0.765. The van der Waals surface area contributed by atoms with Crippen LogP contribution in [0.25, 0.3) is 0 Å². The van der Waals surface area contributed by atoms with Crippen LogP contribution in [0.2, 0.25) is 0 Å². The smallest absolute Gasteiger partial charge is 0.307 e. The zero-order valence-corrected chi connectivity index (χ0v) is 12.8. The van der Waals surface area contributed by atoms with E-state index in [1.54, 1.807) is 0 Å². The highest BCUT2D eigenvalue weighted by molar-refractivity contribution is 5.87. The Bertz CT molecular complexity index is 473.